The minimum absolute atomic E-state index is 0.165. The predicted molar refractivity (Wildman–Crippen MR) is 77.6 cm³/mol. The van der Waals surface area contributed by atoms with Crippen LogP contribution in [0.2, 0.25) is 0 Å². The third-order valence-corrected chi connectivity index (χ3v) is 5.43. The molecule has 0 N–H and O–H groups in total. The van der Waals surface area contributed by atoms with Crippen LogP contribution in [0.4, 0.5) is 0 Å². The summed E-state index contributed by atoms with van der Waals surface area (Å²) in [4.78, 5) is 19.5. The quantitative estimate of drug-likeness (QED) is 0.697. The first-order chi connectivity index (χ1) is 9.61. The highest BCUT2D eigenvalue weighted by Gasteiger charge is 2.44. The first kappa shape index (κ1) is 14.3. The molecule has 3 aliphatic rings. The van der Waals surface area contributed by atoms with Crippen molar-refractivity contribution in [1.82, 2.24) is 14.7 Å². The van der Waals surface area contributed by atoms with E-state index in [-0.39, 0.29) is 17.6 Å². The minimum atomic E-state index is -0.165. The van der Waals surface area contributed by atoms with Crippen LogP contribution in [0.25, 0.3) is 0 Å². The lowest BCUT2D eigenvalue weighted by Crippen LogP contribution is -2.65. The first-order valence-electron chi connectivity index (χ1n) is 7.91. The molecule has 3 heterocycles. The molecule has 0 radical (unpaired) electrons. The number of carbonyl (C=O) groups is 1. The van der Waals surface area contributed by atoms with Gasteiger partial charge in [-0.3, -0.25) is 9.69 Å². The summed E-state index contributed by atoms with van der Waals surface area (Å²) in [5.41, 5.74) is 0.193. The number of hydrogen-bond acceptors (Lipinski definition) is 4. The maximum Gasteiger partial charge on any atom is 0.251 e. The number of amides is 1. The number of likely N-dealkylation sites (tertiary alicyclic amines) is 1. The number of likely N-dealkylation sites (N-methyl/N-ethyl adjacent to an activating group) is 1. The minimum Gasteiger partial charge on any atom is -0.368 e. The molecule has 0 aliphatic carbocycles. The summed E-state index contributed by atoms with van der Waals surface area (Å²) in [6, 6.07) is 0. The average molecular weight is 281 g/mol. The van der Waals surface area contributed by atoms with E-state index in [1.54, 1.807) is 0 Å². The van der Waals surface area contributed by atoms with Crippen LogP contribution in [-0.2, 0) is 9.53 Å². The van der Waals surface area contributed by atoms with Crippen LogP contribution < -0.4 is 0 Å². The molecule has 1 spiro atoms. The van der Waals surface area contributed by atoms with E-state index < -0.39 is 0 Å². The molecular formula is C15H27N3O2. The van der Waals surface area contributed by atoms with Crippen molar-refractivity contribution >= 4 is 5.91 Å². The van der Waals surface area contributed by atoms with E-state index in [9.17, 15) is 4.79 Å². The number of rotatable bonds is 1. The molecule has 0 aromatic rings. The first-order valence-corrected chi connectivity index (χ1v) is 7.91. The van der Waals surface area contributed by atoms with Gasteiger partial charge in [0.2, 0.25) is 0 Å². The van der Waals surface area contributed by atoms with Crippen molar-refractivity contribution in [2.75, 3.05) is 53.4 Å². The molecule has 5 heteroatoms. The Morgan fingerprint density at radius 1 is 1.15 bits per heavy atom. The molecular weight excluding hydrogens is 254 g/mol. The molecule has 0 aromatic heterocycles. The molecule has 3 fully saturated rings. The Kier molecular flexibility index (Phi) is 4.02. The number of piperazine rings is 1. The van der Waals surface area contributed by atoms with Gasteiger partial charge in [0.15, 0.2) is 0 Å². The molecule has 3 rings (SSSR count). The van der Waals surface area contributed by atoms with Crippen LogP contribution >= 0.6 is 0 Å². The van der Waals surface area contributed by atoms with Gasteiger partial charge in [0.25, 0.3) is 5.91 Å². The number of piperidine rings is 1. The molecule has 1 amide bonds. The summed E-state index contributed by atoms with van der Waals surface area (Å²) in [5, 5.41) is 0. The van der Waals surface area contributed by atoms with Gasteiger partial charge in [-0.2, -0.15) is 0 Å². The Morgan fingerprint density at radius 2 is 1.90 bits per heavy atom. The zero-order chi connectivity index (χ0) is 14.2. The highest BCUT2D eigenvalue weighted by molar-refractivity contribution is 5.81. The Bertz CT molecular complexity index is 360. The molecule has 1 atom stereocenters. The normalized spacial score (nSPS) is 31.9. The number of carbonyl (C=O) groups excluding carboxylic acids is 1. The van der Waals surface area contributed by atoms with Crippen LogP contribution in [0.3, 0.4) is 0 Å². The molecule has 114 valence electrons. The average Bonchev–Trinajstić information content (AvgIpc) is 2.98. The Labute approximate surface area is 121 Å². The van der Waals surface area contributed by atoms with Crippen molar-refractivity contribution in [2.24, 2.45) is 0 Å². The van der Waals surface area contributed by atoms with Gasteiger partial charge in [-0.25, -0.2) is 0 Å². The van der Waals surface area contributed by atoms with Crippen LogP contribution in [-0.4, -0.2) is 85.7 Å². The zero-order valence-corrected chi connectivity index (χ0v) is 12.8. The molecule has 0 unspecified atom stereocenters. The maximum absolute atomic E-state index is 12.6. The lowest BCUT2D eigenvalue weighted by molar-refractivity contribution is -0.147. The van der Waals surface area contributed by atoms with E-state index in [0.29, 0.717) is 0 Å². The second kappa shape index (κ2) is 5.62. The molecule has 20 heavy (non-hydrogen) atoms. The van der Waals surface area contributed by atoms with Gasteiger partial charge in [-0.05, 0) is 52.9 Å². The number of nitrogens with zero attached hydrogens (tertiary/aromatic N) is 3. The van der Waals surface area contributed by atoms with E-state index in [1.807, 2.05) is 0 Å². The third-order valence-electron chi connectivity index (χ3n) is 5.43. The standard InChI is InChI=1S/C15H27N3O2/c1-16-7-5-15(6-8-16)12-18(10-9-17(15)2)14(19)13-4-3-11-20-13/h13H,3-12H2,1-2H3/t13-/m1/s1. The summed E-state index contributed by atoms with van der Waals surface area (Å²) in [5.74, 6) is 0.230. The van der Waals surface area contributed by atoms with Crippen LogP contribution in [0.15, 0.2) is 0 Å². The Balaban J connectivity index is 1.67. The monoisotopic (exact) mass is 281 g/mol. The molecule has 0 aromatic carbocycles. The van der Waals surface area contributed by atoms with Crippen molar-refractivity contribution < 1.29 is 9.53 Å². The van der Waals surface area contributed by atoms with Gasteiger partial charge < -0.3 is 14.5 Å². The molecule has 3 saturated heterocycles. The molecule has 5 nitrogen and oxygen atoms in total. The van der Waals surface area contributed by atoms with Gasteiger partial charge in [-0.1, -0.05) is 0 Å². The summed E-state index contributed by atoms with van der Waals surface area (Å²) in [7, 11) is 4.41. The van der Waals surface area contributed by atoms with E-state index in [2.05, 4.69) is 28.8 Å². The van der Waals surface area contributed by atoms with Crippen LogP contribution in [0.1, 0.15) is 25.7 Å². The Hall–Kier alpha value is -0.650. The summed E-state index contributed by atoms with van der Waals surface area (Å²) < 4.78 is 5.57. The lowest BCUT2D eigenvalue weighted by Gasteiger charge is -2.53. The molecule has 3 aliphatic heterocycles. The fourth-order valence-electron chi connectivity index (χ4n) is 3.80. The van der Waals surface area contributed by atoms with Crippen LogP contribution in [0.5, 0.6) is 0 Å². The fourth-order valence-corrected chi connectivity index (χ4v) is 3.80. The topological polar surface area (TPSA) is 36.0 Å². The van der Waals surface area contributed by atoms with Crippen LogP contribution in [0, 0.1) is 0 Å². The van der Waals surface area contributed by atoms with E-state index in [4.69, 9.17) is 4.74 Å². The van der Waals surface area contributed by atoms with Crippen molar-refractivity contribution in [3.8, 4) is 0 Å². The van der Waals surface area contributed by atoms with Crippen molar-refractivity contribution in [3.63, 3.8) is 0 Å². The summed E-state index contributed by atoms with van der Waals surface area (Å²) in [6.07, 6.45) is 4.09. The second-order valence-electron chi connectivity index (χ2n) is 6.71. The SMILES string of the molecule is CN1CCC2(CC1)CN(C(=O)[C@H]1CCCO1)CCN2C. The summed E-state index contributed by atoms with van der Waals surface area (Å²) >= 11 is 0. The highest BCUT2D eigenvalue weighted by atomic mass is 16.5. The maximum atomic E-state index is 12.6. The van der Waals surface area contributed by atoms with Gasteiger partial charge in [0.05, 0.1) is 0 Å². The lowest BCUT2D eigenvalue weighted by atomic mass is 9.83. The number of hydrogen-bond donors (Lipinski definition) is 0. The van der Waals surface area contributed by atoms with Gasteiger partial charge >= 0.3 is 0 Å². The van der Waals surface area contributed by atoms with Crippen molar-refractivity contribution in [1.29, 1.82) is 0 Å². The van der Waals surface area contributed by atoms with E-state index in [1.165, 1.54) is 0 Å². The third kappa shape index (κ3) is 2.59. The van der Waals surface area contributed by atoms with Gasteiger partial charge in [0.1, 0.15) is 6.10 Å². The molecule has 0 saturated carbocycles. The largest absolute Gasteiger partial charge is 0.368 e. The van der Waals surface area contributed by atoms with Gasteiger partial charge in [0, 0.05) is 31.8 Å². The smallest absolute Gasteiger partial charge is 0.251 e. The van der Waals surface area contributed by atoms with E-state index in [0.717, 1.165) is 65.0 Å². The van der Waals surface area contributed by atoms with Crippen molar-refractivity contribution in [3.05, 3.63) is 0 Å². The predicted octanol–water partition coefficient (Wildman–Crippen LogP) is 0.404. The highest BCUT2D eigenvalue weighted by Crippen LogP contribution is 2.32. The van der Waals surface area contributed by atoms with Gasteiger partial charge in [-0.15, -0.1) is 0 Å². The number of ether oxygens (including phenoxy) is 1. The summed E-state index contributed by atoms with van der Waals surface area (Å²) in [6.45, 7) is 5.74. The van der Waals surface area contributed by atoms with Crippen molar-refractivity contribution in [2.45, 2.75) is 37.3 Å². The fraction of sp³-hybridized carbons (Fsp3) is 0.933. The zero-order valence-electron chi connectivity index (χ0n) is 12.8. The van der Waals surface area contributed by atoms with E-state index >= 15 is 0 Å². The second-order valence-corrected chi connectivity index (χ2v) is 6.71. The molecule has 0 bridgehead atoms. The Morgan fingerprint density at radius 3 is 2.55 bits per heavy atom.